The minimum Gasteiger partial charge on any atom is -0.393 e. The Morgan fingerprint density at radius 3 is 2.42 bits per heavy atom. The van der Waals surface area contributed by atoms with Crippen LogP contribution in [0.25, 0.3) is 0 Å². The molecule has 108 valence electrons. The van der Waals surface area contributed by atoms with E-state index in [0.29, 0.717) is 22.5 Å². The number of rotatable bonds is 7. The number of anilines is 2. The largest absolute Gasteiger partial charge is 0.393 e. The fourth-order valence-electron chi connectivity index (χ4n) is 1.72. The molecule has 1 rings (SSSR count). The van der Waals surface area contributed by atoms with Gasteiger partial charge in [-0.2, -0.15) is 0 Å². The van der Waals surface area contributed by atoms with Crippen molar-refractivity contribution in [1.29, 1.82) is 0 Å². The lowest BCUT2D eigenvalue weighted by Crippen LogP contribution is -2.29. The maximum atomic E-state index is 6.03. The highest BCUT2D eigenvalue weighted by Crippen LogP contribution is 2.25. The molecule has 19 heavy (non-hydrogen) atoms. The first-order chi connectivity index (χ1) is 8.99. The van der Waals surface area contributed by atoms with E-state index in [1.165, 1.54) is 0 Å². The molecule has 0 fully saturated rings. The van der Waals surface area contributed by atoms with Crippen molar-refractivity contribution < 1.29 is 0 Å². The Kier molecular flexibility index (Phi) is 6.31. The number of hydrogen-bond acceptors (Lipinski definition) is 5. The van der Waals surface area contributed by atoms with Crippen LogP contribution in [0.1, 0.15) is 39.4 Å². The summed E-state index contributed by atoms with van der Waals surface area (Å²) < 4.78 is 0. The average molecular weight is 286 g/mol. The second kappa shape index (κ2) is 7.50. The van der Waals surface area contributed by atoms with E-state index < -0.39 is 0 Å². The minimum atomic E-state index is 0.224. The van der Waals surface area contributed by atoms with E-state index in [1.807, 2.05) is 13.8 Å². The van der Waals surface area contributed by atoms with Crippen molar-refractivity contribution in [2.24, 2.45) is 0 Å². The van der Waals surface area contributed by atoms with Crippen molar-refractivity contribution >= 4 is 23.1 Å². The van der Waals surface area contributed by atoms with Crippen LogP contribution in [0.5, 0.6) is 0 Å². The Hall–Kier alpha value is -1.07. The van der Waals surface area contributed by atoms with Gasteiger partial charge in [-0.05, 0) is 13.1 Å². The van der Waals surface area contributed by atoms with Crippen molar-refractivity contribution in [3.63, 3.8) is 0 Å². The summed E-state index contributed by atoms with van der Waals surface area (Å²) in [6, 6.07) is 0. The zero-order chi connectivity index (χ0) is 14.4. The van der Waals surface area contributed by atoms with Crippen LogP contribution in [0.4, 0.5) is 11.5 Å². The first kappa shape index (κ1) is 16.0. The molecule has 1 aromatic rings. The lowest BCUT2D eigenvalue weighted by Gasteiger charge is -2.19. The summed E-state index contributed by atoms with van der Waals surface area (Å²) in [6.07, 6.45) is 0. The lowest BCUT2D eigenvalue weighted by molar-refractivity contribution is 0.316. The number of nitrogens with one attached hydrogen (secondary N) is 1. The normalized spacial score (nSPS) is 11.3. The van der Waals surface area contributed by atoms with E-state index in [9.17, 15) is 0 Å². The van der Waals surface area contributed by atoms with Gasteiger partial charge in [0.25, 0.3) is 0 Å². The molecule has 0 atom stereocenters. The molecule has 1 heterocycles. The molecular weight excluding hydrogens is 262 g/mol. The molecule has 0 amide bonds. The molecule has 6 heteroatoms. The summed E-state index contributed by atoms with van der Waals surface area (Å²) in [5.74, 6) is 1.57. The molecule has 1 aromatic heterocycles. The van der Waals surface area contributed by atoms with Crippen molar-refractivity contribution in [3.05, 3.63) is 11.0 Å². The third-order valence-corrected chi connectivity index (χ3v) is 3.34. The van der Waals surface area contributed by atoms with Crippen LogP contribution < -0.4 is 11.1 Å². The molecule has 0 radical (unpaired) electrons. The standard InChI is InChI=1S/C13H24ClN5/c1-5-19(6-2)8-7-16-13-10(15)11(14)17-12(18-13)9(3)4/h9H,5-8,15H2,1-4H3,(H,16,17,18). The predicted molar refractivity (Wildman–Crippen MR) is 81.8 cm³/mol. The summed E-state index contributed by atoms with van der Waals surface area (Å²) in [5, 5.41) is 3.57. The van der Waals surface area contributed by atoms with Crippen LogP contribution >= 0.6 is 11.6 Å². The fourth-order valence-corrected chi connectivity index (χ4v) is 1.90. The van der Waals surface area contributed by atoms with Crippen LogP contribution in [0, 0.1) is 0 Å². The quantitative estimate of drug-likeness (QED) is 0.754. The highest BCUT2D eigenvalue weighted by atomic mass is 35.5. The number of nitrogens with zero attached hydrogens (tertiary/aromatic N) is 3. The van der Waals surface area contributed by atoms with Gasteiger partial charge < -0.3 is 16.0 Å². The van der Waals surface area contributed by atoms with Crippen LogP contribution in [-0.2, 0) is 0 Å². The Labute approximate surface area is 120 Å². The van der Waals surface area contributed by atoms with Crippen molar-refractivity contribution in [3.8, 4) is 0 Å². The summed E-state index contributed by atoms with van der Waals surface area (Å²) in [4.78, 5) is 10.9. The van der Waals surface area contributed by atoms with E-state index in [4.69, 9.17) is 17.3 Å². The first-order valence-corrected chi connectivity index (χ1v) is 7.16. The van der Waals surface area contributed by atoms with Gasteiger partial charge in [0.2, 0.25) is 0 Å². The van der Waals surface area contributed by atoms with Gasteiger partial charge in [-0.25, -0.2) is 9.97 Å². The van der Waals surface area contributed by atoms with Crippen molar-refractivity contribution in [1.82, 2.24) is 14.9 Å². The van der Waals surface area contributed by atoms with Gasteiger partial charge in [-0.15, -0.1) is 0 Å². The van der Waals surface area contributed by atoms with Gasteiger partial charge in [0, 0.05) is 19.0 Å². The smallest absolute Gasteiger partial charge is 0.157 e. The number of likely N-dealkylation sites (N-methyl/N-ethyl adjacent to an activating group) is 1. The van der Waals surface area contributed by atoms with E-state index in [0.717, 1.165) is 26.2 Å². The van der Waals surface area contributed by atoms with Gasteiger partial charge >= 0.3 is 0 Å². The molecule has 0 spiro atoms. The van der Waals surface area contributed by atoms with E-state index >= 15 is 0 Å². The molecule has 0 bridgehead atoms. The maximum Gasteiger partial charge on any atom is 0.157 e. The third kappa shape index (κ3) is 4.51. The third-order valence-electron chi connectivity index (χ3n) is 3.05. The van der Waals surface area contributed by atoms with E-state index in [1.54, 1.807) is 0 Å². The monoisotopic (exact) mass is 285 g/mol. The predicted octanol–water partition coefficient (Wildman–Crippen LogP) is 2.59. The molecule has 0 saturated heterocycles. The van der Waals surface area contributed by atoms with Gasteiger partial charge in [-0.3, -0.25) is 0 Å². The number of nitrogens with two attached hydrogens (primary N) is 1. The van der Waals surface area contributed by atoms with Gasteiger partial charge in [-0.1, -0.05) is 39.3 Å². The zero-order valence-electron chi connectivity index (χ0n) is 12.2. The summed E-state index contributed by atoms with van der Waals surface area (Å²) in [7, 11) is 0. The molecule has 0 aliphatic heterocycles. The summed E-state index contributed by atoms with van der Waals surface area (Å²) >= 11 is 6.03. The van der Waals surface area contributed by atoms with Crippen LogP contribution in [0.15, 0.2) is 0 Å². The highest BCUT2D eigenvalue weighted by Gasteiger charge is 2.12. The molecule has 3 N–H and O–H groups in total. The molecule has 5 nitrogen and oxygen atoms in total. The molecule has 0 aliphatic carbocycles. The lowest BCUT2D eigenvalue weighted by atomic mass is 10.2. The second-order valence-electron chi connectivity index (χ2n) is 4.74. The summed E-state index contributed by atoms with van der Waals surface area (Å²) in [5.41, 5.74) is 6.32. The van der Waals surface area contributed by atoms with Crippen molar-refractivity contribution in [2.75, 3.05) is 37.2 Å². The Morgan fingerprint density at radius 1 is 1.26 bits per heavy atom. The molecule has 0 unspecified atom stereocenters. The van der Waals surface area contributed by atoms with Crippen LogP contribution in [0.2, 0.25) is 5.15 Å². The van der Waals surface area contributed by atoms with Gasteiger partial charge in [0.15, 0.2) is 11.0 Å². The molecule has 0 aromatic carbocycles. The molecule has 0 aliphatic rings. The van der Waals surface area contributed by atoms with Crippen molar-refractivity contribution in [2.45, 2.75) is 33.6 Å². The van der Waals surface area contributed by atoms with E-state index in [2.05, 4.69) is 34.0 Å². The topological polar surface area (TPSA) is 67.1 Å². The maximum absolute atomic E-state index is 6.03. The SMILES string of the molecule is CCN(CC)CCNc1nc(C(C)C)nc(Cl)c1N. The number of halogens is 1. The van der Waals surface area contributed by atoms with Gasteiger partial charge in [0.1, 0.15) is 11.5 Å². The second-order valence-corrected chi connectivity index (χ2v) is 5.10. The minimum absolute atomic E-state index is 0.224. The number of aromatic nitrogens is 2. The Morgan fingerprint density at radius 2 is 1.89 bits per heavy atom. The number of hydrogen-bond donors (Lipinski definition) is 2. The first-order valence-electron chi connectivity index (χ1n) is 6.78. The van der Waals surface area contributed by atoms with Crippen LogP contribution in [-0.4, -0.2) is 41.0 Å². The molecule has 0 saturated carbocycles. The van der Waals surface area contributed by atoms with Crippen LogP contribution in [0.3, 0.4) is 0 Å². The average Bonchev–Trinajstić information content (AvgIpc) is 2.39. The highest BCUT2D eigenvalue weighted by molar-refractivity contribution is 6.32. The fraction of sp³-hybridized carbons (Fsp3) is 0.692. The van der Waals surface area contributed by atoms with E-state index in [-0.39, 0.29) is 5.92 Å². The Balaban J connectivity index is 2.72. The number of nitrogen functional groups attached to an aromatic ring is 1. The molecular formula is C13H24ClN5. The van der Waals surface area contributed by atoms with Gasteiger partial charge in [0.05, 0.1) is 0 Å². The summed E-state index contributed by atoms with van der Waals surface area (Å²) in [6.45, 7) is 12.2. The Bertz CT molecular complexity index is 404. The zero-order valence-corrected chi connectivity index (χ0v) is 13.0.